The molecule has 5 heterocycles. The molecule has 2 saturated heterocycles. The number of nitrogens with one attached hydrogen (secondary N) is 1. The van der Waals surface area contributed by atoms with Gasteiger partial charge < -0.3 is 24.6 Å². The third kappa shape index (κ3) is 3.97. The number of ether oxygens (including phenoxy) is 1. The van der Waals surface area contributed by atoms with Gasteiger partial charge in [-0.3, -0.25) is 14.7 Å². The molecule has 10 nitrogen and oxygen atoms in total. The molecule has 3 aliphatic rings. The number of aromatic nitrogens is 3. The molecule has 0 saturated carbocycles. The average molecular weight is 575 g/mol. The Kier molecular flexibility index (Phi) is 6.21. The standard InChI is InChI=1S/C30H28F2N6O4/c1-33-22-9-21(31)26(32)24-17(22)8-23-25(24)27(38-4-3-37-5-6-42-14-16(37)12-38)19(11-34-23)15-7-18-28(39)20(30(40)41)13-36(2)29(18)35-10-15/h7,9-11,13,16,33H,3-6,8,12,14H2,1-2H3,(H,40,41). The van der Waals surface area contributed by atoms with E-state index in [1.807, 2.05) is 0 Å². The van der Waals surface area contributed by atoms with Crippen LogP contribution in [-0.2, 0) is 18.2 Å². The third-order valence-corrected chi connectivity index (χ3v) is 8.63. The molecule has 12 heteroatoms. The van der Waals surface area contributed by atoms with Crippen molar-refractivity contribution in [1.82, 2.24) is 19.4 Å². The monoisotopic (exact) mass is 574 g/mol. The van der Waals surface area contributed by atoms with Crippen molar-refractivity contribution in [1.29, 1.82) is 0 Å². The van der Waals surface area contributed by atoms with Crippen LogP contribution in [0.5, 0.6) is 0 Å². The highest BCUT2D eigenvalue weighted by atomic mass is 19.2. The fourth-order valence-electron chi connectivity index (χ4n) is 6.59. The number of piperazine rings is 1. The van der Waals surface area contributed by atoms with Crippen molar-refractivity contribution in [2.75, 3.05) is 56.7 Å². The first kappa shape index (κ1) is 26.5. The molecule has 2 aliphatic heterocycles. The van der Waals surface area contributed by atoms with Crippen LogP contribution < -0.4 is 15.6 Å². The van der Waals surface area contributed by atoms with Gasteiger partial charge in [-0.15, -0.1) is 0 Å². The fraction of sp³-hybridized carbons (Fsp3) is 0.333. The molecule has 0 amide bonds. The molecule has 1 atom stereocenters. The molecule has 0 bridgehead atoms. The Labute approximate surface area is 239 Å². The molecule has 216 valence electrons. The van der Waals surface area contributed by atoms with E-state index in [2.05, 4.69) is 20.1 Å². The lowest BCUT2D eigenvalue weighted by Crippen LogP contribution is -2.58. The van der Waals surface area contributed by atoms with Crippen LogP contribution in [0, 0.1) is 11.6 Å². The first-order valence-electron chi connectivity index (χ1n) is 13.8. The SMILES string of the molecule is CNc1cc(F)c(F)c2c1Cc1ncc(-c3cnc4c(c3)c(=O)c(C(=O)O)cn4C)c(N3CCN4CCOCC4C3)c1-2. The van der Waals surface area contributed by atoms with Gasteiger partial charge in [0.15, 0.2) is 11.6 Å². The number of nitrogens with zero attached hydrogens (tertiary/aromatic N) is 5. The molecule has 0 radical (unpaired) electrons. The molecular weight excluding hydrogens is 546 g/mol. The summed E-state index contributed by atoms with van der Waals surface area (Å²) in [6.07, 6.45) is 4.87. The van der Waals surface area contributed by atoms with Gasteiger partial charge in [-0.2, -0.15) is 0 Å². The van der Waals surface area contributed by atoms with Crippen molar-refractivity contribution in [3.8, 4) is 22.3 Å². The third-order valence-electron chi connectivity index (χ3n) is 8.63. The topological polar surface area (TPSA) is 113 Å². The maximum Gasteiger partial charge on any atom is 0.341 e. The number of carbonyl (C=O) groups is 1. The summed E-state index contributed by atoms with van der Waals surface area (Å²) in [4.78, 5) is 38.7. The lowest BCUT2D eigenvalue weighted by molar-refractivity contribution is -0.0116. The Hall–Kier alpha value is -4.42. The van der Waals surface area contributed by atoms with Crippen molar-refractivity contribution in [2.45, 2.75) is 12.5 Å². The number of rotatable bonds is 4. The van der Waals surface area contributed by atoms with Gasteiger partial charge in [0.2, 0.25) is 5.43 Å². The zero-order chi connectivity index (χ0) is 29.3. The van der Waals surface area contributed by atoms with Gasteiger partial charge in [0.05, 0.1) is 36.0 Å². The number of hydrogen-bond donors (Lipinski definition) is 2. The second-order valence-electron chi connectivity index (χ2n) is 10.9. The molecule has 2 fully saturated rings. The van der Waals surface area contributed by atoms with Gasteiger partial charge in [-0.1, -0.05) is 0 Å². The zero-order valence-corrected chi connectivity index (χ0v) is 23.1. The quantitative estimate of drug-likeness (QED) is 0.334. The maximum absolute atomic E-state index is 15.7. The first-order chi connectivity index (χ1) is 20.3. The van der Waals surface area contributed by atoms with Crippen LogP contribution in [0.15, 0.2) is 35.5 Å². The van der Waals surface area contributed by atoms with Crippen LogP contribution in [0.3, 0.4) is 0 Å². The summed E-state index contributed by atoms with van der Waals surface area (Å²) in [6, 6.07) is 2.90. The second kappa shape index (κ2) is 9.85. The molecule has 0 spiro atoms. The van der Waals surface area contributed by atoms with E-state index in [9.17, 15) is 19.1 Å². The molecule has 1 aliphatic carbocycles. The summed E-state index contributed by atoms with van der Waals surface area (Å²) in [7, 11) is 3.30. The lowest BCUT2D eigenvalue weighted by Gasteiger charge is -2.45. The van der Waals surface area contributed by atoms with E-state index in [1.54, 1.807) is 32.6 Å². The van der Waals surface area contributed by atoms with Crippen LogP contribution in [0.4, 0.5) is 20.2 Å². The Balaban J connectivity index is 1.48. The van der Waals surface area contributed by atoms with Crippen molar-refractivity contribution < 1.29 is 23.4 Å². The van der Waals surface area contributed by atoms with Gasteiger partial charge in [0.1, 0.15) is 11.2 Å². The molecule has 1 aromatic carbocycles. The minimum absolute atomic E-state index is 0.121. The fourth-order valence-corrected chi connectivity index (χ4v) is 6.59. The number of anilines is 2. The zero-order valence-electron chi connectivity index (χ0n) is 23.1. The molecule has 2 N–H and O–H groups in total. The Morgan fingerprint density at radius 3 is 2.76 bits per heavy atom. The highest BCUT2D eigenvalue weighted by Gasteiger charge is 2.37. The van der Waals surface area contributed by atoms with Crippen molar-refractivity contribution in [2.24, 2.45) is 7.05 Å². The summed E-state index contributed by atoms with van der Waals surface area (Å²) in [5, 5.41) is 12.7. The van der Waals surface area contributed by atoms with Crippen LogP contribution >= 0.6 is 0 Å². The van der Waals surface area contributed by atoms with Crippen LogP contribution in [0.1, 0.15) is 21.6 Å². The maximum atomic E-state index is 15.7. The van der Waals surface area contributed by atoms with E-state index in [1.165, 1.54) is 16.8 Å². The van der Waals surface area contributed by atoms with E-state index < -0.39 is 23.0 Å². The van der Waals surface area contributed by atoms with E-state index in [4.69, 9.17) is 9.72 Å². The van der Waals surface area contributed by atoms with E-state index in [0.29, 0.717) is 77.7 Å². The van der Waals surface area contributed by atoms with Crippen molar-refractivity contribution in [3.05, 3.63) is 69.4 Å². The van der Waals surface area contributed by atoms with Crippen LogP contribution in [-0.4, -0.2) is 83.0 Å². The van der Waals surface area contributed by atoms with E-state index in [-0.39, 0.29) is 22.6 Å². The number of carboxylic acids is 1. The van der Waals surface area contributed by atoms with Gasteiger partial charge in [-0.05, 0) is 11.6 Å². The minimum Gasteiger partial charge on any atom is -0.477 e. The smallest absolute Gasteiger partial charge is 0.341 e. The first-order valence-corrected chi connectivity index (χ1v) is 13.8. The van der Waals surface area contributed by atoms with Crippen molar-refractivity contribution >= 4 is 28.4 Å². The summed E-state index contributed by atoms with van der Waals surface area (Å²) in [5.74, 6) is -3.21. The normalized spacial score (nSPS) is 18.1. The number of hydrogen-bond acceptors (Lipinski definition) is 8. The number of aryl methyl sites for hydroxylation is 1. The largest absolute Gasteiger partial charge is 0.477 e. The molecule has 7 rings (SSSR count). The Bertz CT molecular complexity index is 1860. The predicted octanol–water partition coefficient (Wildman–Crippen LogP) is 3.11. The average Bonchev–Trinajstić information content (AvgIpc) is 3.39. The van der Waals surface area contributed by atoms with Crippen LogP contribution in [0.25, 0.3) is 33.3 Å². The molecular formula is C30H28F2N6O4. The molecule has 4 aromatic rings. The van der Waals surface area contributed by atoms with Crippen LogP contribution in [0.2, 0.25) is 0 Å². The van der Waals surface area contributed by atoms with Gasteiger partial charge in [-0.25, -0.2) is 18.6 Å². The summed E-state index contributed by atoms with van der Waals surface area (Å²) in [6.45, 7) is 4.07. The highest BCUT2D eigenvalue weighted by molar-refractivity contribution is 5.98. The number of benzene rings is 1. The predicted molar refractivity (Wildman–Crippen MR) is 153 cm³/mol. The van der Waals surface area contributed by atoms with E-state index in [0.717, 1.165) is 13.1 Å². The summed E-state index contributed by atoms with van der Waals surface area (Å²) >= 11 is 0. The second-order valence-corrected chi connectivity index (χ2v) is 10.9. The minimum atomic E-state index is -1.33. The Morgan fingerprint density at radius 1 is 1.14 bits per heavy atom. The number of halogens is 2. The highest BCUT2D eigenvalue weighted by Crippen LogP contribution is 2.50. The molecule has 3 aromatic heterocycles. The number of morpholine rings is 1. The summed E-state index contributed by atoms with van der Waals surface area (Å²) < 4.78 is 37.9. The van der Waals surface area contributed by atoms with Gasteiger partial charge in [0.25, 0.3) is 0 Å². The molecule has 42 heavy (non-hydrogen) atoms. The molecule has 1 unspecified atom stereocenters. The van der Waals surface area contributed by atoms with Gasteiger partial charge >= 0.3 is 5.97 Å². The van der Waals surface area contributed by atoms with Gasteiger partial charge in [0, 0.05) is 99.3 Å². The van der Waals surface area contributed by atoms with Crippen molar-refractivity contribution in [3.63, 3.8) is 0 Å². The lowest BCUT2D eigenvalue weighted by atomic mass is 9.96. The van der Waals surface area contributed by atoms with E-state index >= 15 is 4.39 Å². The number of aromatic carboxylic acids is 1. The number of fused-ring (bicyclic) bond motifs is 5. The number of pyridine rings is 3. The number of carboxylic acid groups (broad SMARTS) is 1. The summed E-state index contributed by atoms with van der Waals surface area (Å²) in [5.41, 5.74) is 3.58. The Morgan fingerprint density at radius 2 is 1.98 bits per heavy atom.